The molecule has 0 aliphatic rings. The van der Waals surface area contributed by atoms with Crippen molar-refractivity contribution in [1.82, 2.24) is 9.97 Å². The summed E-state index contributed by atoms with van der Waals surface area (Å²) in [5, 5.41) is 19.8. The minimum atomic E-state index is -1.16. The first-order valence-corrected chi connectivity index (χ1v) is 7.75. The Bertz CT molecular complexity index is 903. The average Bonchev–Trinajstić information content (AvgIpc) is 2.85. The first-order chi connectivity index (χ1) is 11.0. The molecule has 0 bridgehead atoms. The Labute approximate surface area is 136 Å². The van der Waals surface area contributed by atoms with Crippen LogP contribution in [0.5, 0.6) is 5.75 Å². The fourth-order valence-electron chi connectivity index (χ4n) is 2.36. The molecule has 1 aromatic carbocycles. The molecule has 6 heteroatoms. The summed E-state index contributed by atoms with van der Waals surface area (Å²) in [7, 11) is 0. The number of rotatable bonds is 3. The van der Waals surface area contributed by atoms with Gasteiger partial charge in [0.25, 0.3) is 0 Å². The van der Waals surface area contributed by atoms with Crippen molar-refractivity contribution in [3.05, 3.63) is 52.7 Å². The van der Waals surface area contributed by atoms with Gasteiger partial charge in [-0.25, -0.2) is 14.8 Å². The fourth-order valence-corrected chi connectivity index (χ4v) is 3.25. The third kappa shape index (κ3) is 2.93. The number of aryl methyl sites for hydroxylation is 2. The standard InChI is InChI=1S/C17H14N2O3S/c1-9-16(23-10(2)18-9)14-5-3-4-13(19-14)11-6-7-12(17(21)22)15(20)8-11/h3-8,20H,1-2H3,(H,21,22). The number of hydrogen-bond donors (Lipinski definition) is 2. The van der Waals surface area contributed by atoms with E-state index in [0.717, 1.165) is 21.3 Å². The molecule has 0 amide bonds. The number of nitrogens with zero attached hydrogens (tertiary/aromatic N) is 2. The molecule has 23 heavy (non-hydrogen) atoms. The van der Waals surface area contributed by atoms with Crippen LogP contribution in [-0.4, -0.2) is 26.2 Å². The average molecular weight is 326 g/mol. The third-order valence-electron chi connectivity index (χ3n) is 3.41. The molecule has 3 aromatic rings. The van der Waals surface area contributed by atoms with E-state index in [9.17, 15) is 9.90 Å². The van der Waals surface area contributed by atoms with E-state index in [1.807, 2.05) is 32.0 Å². The summed E-state index contributed by atoms with van der Waals surface area (Å²) in [6, 6.07) is 10.1. The molecule has 0 spiro atoms. The van der Waals surface area contributed by atoms with Crippen molar-refractivity contribution in [2.24, 2.45) is 0 Å². The summed E-state index contributed by atoms with van der Waals surface area (Å²) < 4.78 is 0. The zero-order valence-corrected chi connectivity index (χ0v) is 13.4. The van der Waals surface area contributed by atoms with E-state index in [4.69, 9.17) is 5.11 Å². The Morgan fingerprint density at radius 2 is 1.83 bits per heavy atom. The monoisotopic (exact) mass is 326 g/mol. The van der Waals surface area contributed by atoms with Gasteiger partial charge in [0.2, 0.25) is 0 Å². The fraction of sp³-hybridized carbons (Fsp3) is 0.118. The number of aromatic nitrogens is 2. The maximum absolute atomic E-state index is 11.0. The van der Waals surface area contributed by atoms with Gasteiger partial charge in [-0.2, -0.15) is 0 Å². The van der Waals surface area contributed by atoms with Gasteiger partial charge in [0, 0.05) is 5.56 Å². The Hall–Kier alpha value is -2.73. The lowest BCUT2D eigenvalue weighted by atomic mass is 10.1. The number of carboxylic acids is 1. The number of carbonyl (C=O) groups is 1. The van der Waals surface area contributed by atoms with E-state index in [-0.39, 0.29) is 11.3 Å². The molecule has 0 unspecified atom stereocenters. The number of pyridine rings is 1. The highest BCUT2D eigenvalue weighted by Gasteiger charge is 2.13. The lowest BCUT2D eigenvalue weighted by Gasteiger charge is -2.06. The molecule has 2 heterocycles. The largest absolute Gasteiger partial charge is 0.507 e. The number of thiazole rings is 1. The quantitative estimate of drug-likeness (QED) is 0.763. The van der Waals surface area contributed by atoms with Gasteiger partial charge in [0.15, 0.2) is 0 Å². The van der Waals surface area contributed by atoms with Crippen LogP contribution in [0, 0.1) is 13.8 Å². The third-order valence-corrected chi connectivity index (χ3v) is 4.50. The van der Waals surface area contributed by atoms with Crippen molar-refractivity contribution in [2.45, 2.75) is 13.8 Å². The van der Waals surface area contributed by atoms with E-state index in [2.05, 4.69) is 9.97 Å². The van der Waals surface area contributed by atoms with Crippen molar-refractivity contribution < 1.29 is 15.0 Å². The Balaban J connectivity index is 2.05. The topological polar surface area (TPSA) is 83.3 Å². The summed E-state index contributed by atoms with van der Waals surface area (Å²) in [6.07, 6.45) is 0. The molecule has 3 rings (SSSR count). The molecule has 0 saturated carbocycles. The van der Waals surface area contributed by atoms with Crippen LogP contribution in [0.1, 0.15) is 21.1 Å². The van der Waals surface area contributed by atoms with Gasteiger partial charge in [0.05, 0.1) is 27.0 Å². The molecular weight excluding hydrogens is 312 g/mol. The van der Waals surface area contributed by atoms with Crippen molar-refractivity contribution >= 4 is 17.3 Å². The Morgan fingerprint density at radius 1 is 1.09 bits per heavy atom. The second kappa shape index (κ2) is 5.81. The van der Waals surface area contributed by atoms with Gasteiger partial charge >= 0.3 is 5.97 Å². The second-order valence-electron chi connectivity index (χ2n) is 5.09. The first kappa shape index (κ1) is 15.2. The summed E-state index contributed by atoms with van der Waals surface area (Å²) >= 11 is 1.58. The minimum Gasteiger partial charge on any atom is -0.507 e. The molecule has 2 aromatic heterocycles. The molecule has 0 fully saturated rings. The second-order valence-corrected chi connectivity index (χ2v) is 6.30. The van der Waals surface area contributed by atoms with Gasteiger partial charge in [0.1, 0.15) is 11.3 Å². The van der Waals surface area contributed by atoms with E-state index in [0.29, 0.717) is 11.3 Å². The van der Waals surface area contributed by atoms with Crippen LogP contribution in [0.25, 0.3) is 21.8 Å². The molecule has 0 atom stereocenters. The van der Waals surface area contributed by atoms with Crippen LogP contribution in [0.4, 0.5) is 0 Å². The predicted octanol–water partition coefficient (Wildman–Crippen LogP) is 3.89. The highest BCUT2D eigenvalue weighted by molar-refractivity contribution is 7.15. The maximum atomic E-state index is 11.0. The van der Waals surface area contributed by atoms with Crippen molar-refractivity contribution in [2.75, 3.05) is 0 Å². The van der Waals surface area contributed by atoms with Crippen LogP contribution in [-0.2, 0) is 0 Å². The number of carboxylic acid groups (broad SMARTS) is 1. The number of phenols is 1. The zero-order valence-electron chi connectivity index (χ0n) is 12.6. The van der Waals surface area contributed by atoms with Crippen LogP contribution in [0.15, 0.2) is 36.4 Å². The van der Waals surface area contributed by atoms with Crippen LogP contribution >= 0.6 is 11.3 Å². The summed E-state index contributed by atoms with van der Waals surface area (Å²) in [5.41, 5.74) is 2.95. The molecule has 116 valence electrons. The Morgan fingerprint density at radius 3 is 2.43 bits per heavy atom. The summed E-state index contributed by atoms with van der Waals surface area (Å²) in [4.78, 5) is 21.0. The number of hydrogen-bond acceptors (Lipinski definition) is 5. The van der Waals surface area contributed by atoms with Crippen LogP contribution < -0.4 is 0 Å². The summed E-state index contributed by atoms with van der Waals surface area (Å²) in [6.45, 7) is 3.90. The van der Waals surface area contributed by atoms with Gasteiger partial charge < -0.3 is 10.2 Å². The van der Waals surface area contributed by atoms with E-state index < -0.39 is 5.97 Å². The molecule has 5 nitrogen and oxygen atoms in total. The lowest BCUT2D eigenvalue weighted by molar-refractivity contribution is 0.0694. The normalized spacial score (nSPS) is 10.7. The smallest absolute Gasteiger partial charge is 0.339 e. The lowest BCUT2D eigenvalue weighted by Crippen LogP contribution is -1.97. The van der Waals surface area contributed by atoms with Crippen molar-refractivity contribution in [3.63, 3.8) is 0 Å². The van der Waals surface area contributed by atoms with Crippen molar-refractivity contribution in [3.8, 4) is 27.6 Å². The number of benzene rings is 1. The molecular formula is C17H14N2O3S. The number of aromatic hydroxyl groups is 1. The molecule has 0 aliphatic carbocycles. The Kier molecular flexibility index (Phi) is 3.83. The molecule has 0 radical (unpaired) electrons. The van der Waals surface area contributed by atoms with E-state index in [1.54, 1.807) is 17.4 Å². The van der Waals surface area contributed by atoms with Crippen LogP contribution in [0.3, 0.4) is 0 Å². The van der Waals surface area contributed by atoms with E-state index >= 15 is 0 Å². The predicted molar refractivity (Wildman–Crippen MR) is 88.9 cm³/mol. The highest BCUT2D eigenvalue weighted by atomic mass is 32.1. The van der Waals surface area contributed by atoms with Crippen molar-refractivity contribution in [1.29, 1.82) is 0 Å². The summed E-state index contributed by atoms with van der Waals surface area (Å²) in [5.74, 6) is -1.43. The van der Waals surface area contributed by atoms with Gasteiger partial charge in [-0.3, -0.25) is 0 Å². The van der Waals surface area contributed by atoms with Gasteiger partial charge in [-0.1, -0.05) is 12.1 Å². The van der Waals surface area contributed by atoms with Crippen LogP contribution in [0.2, 0.25) is 0 Å². The SMILES string of the molecule is Cc1nc(C)c(-c2cccc(-c3ccc(C(=O)O)c(O)c3)n2)s1. The zero-order chi connectivity index (χ0) is 16.6. The van der Waals surface area contributed by atoms with Gasteiger partial charge in [-0.15, -0.1) is 11.3 Å². The minimum absolute atomic E-state index is 0.126. The van der Waals surface area contributed by atoms with E-state index in [1.165, 1.54) is 12.1 Å². The first-order valence-electron chi connectivity index (χ1n) is 6.94. The highest BCUT2D eigenvalue weighted by Crippen LogP contribution is 2.31. The van der Waals surface area contributed by atoms with Gasteiger partial charge in [-0.05, 0) is 38.1 Å². The number of aromatic carboxylic acids is 1. The maximum Gasteiger partial charge on any atom is 0.339 e. The molecule has 0 aliphatic heterocycles. The molecule has 2 N–H and O–H groups in total. The molecule has 0 saturated heterocycles.